The number of aliphatic hydroxyl groups is 1. The number of hydrogen-bond acceptors (Lipinski definition) is 3. The van der Waals surface area contributed by atoms with E-state index in [0.717, 1.165) is 16.6 Å². The molecule has 0 fully saturated rings. The van der Waals surface area contributed by atoms with Gasteiger partial charge in [-0.2, -0.15) is 0 Å². The molecule has 0 bridgehead atoms. The molecule has 0 unspecified atom stereocenters. The van der Waals surface area contributed by atoms with Gasteiger partial charge in [-0.25, -0.2) is 0 Å². The molecule has 1 aromatic rings. The lowest BCUT2D eigenvalue weighted by Crippen LogP contribution is -2.37. The van der Waals surface area contributed by atoms with E-state index in [0.29, 0.717) is 19.4 Å². The number of nitrogens with zero attached hydrogens (tertiary/aromatic N) is 1. The summed E-state index contributed by atoms with van der Waals surface area (Å²) in [7, 11) is 0. The highest BCUT2D eigenvalue weighted by Gasteiger charge is 2.15. The van der Waals surface area contributed by atoms with Crippen molar-refractivity contribution < 1.29 is 9.90 Å². The molecule has 1 rings (SSSR count). The maximum atomic E-state index is 12.1. The Morgan fingerprint density at radius 3 is 2.68 bits per heavy atom. The van der Waals surface area contributed by atoms with Crippen LogP contribution in [-0.4, -0.2) is 35.1 Å². The minimum Gasteiger partial charge on any atom is -0.396 e. The van der Waals surface area contributed by atoms with Crippen LogP contribution in [0.5, 0.6) is 0 Å². The molecule has 0 aliphatic carbocycles. The fourth-order valence-corrected chi connectivity index (χ4v) is 3.48. The highest BCUT2D eigenvalue weighted by atomic mass is 79.9. The van der Waals surface area contributed by atoms with E-state index in [1.807, 2.05) is 24.8 Å². The summed E-state index contributed by atoms with van der Waals surface area (Å²) in [5.41, 5.74) is 0. The molecule has 0 aliphatic rings. The van der Waals surface area contributed by atoms with Crippen molar-refractivity contribution in [2.24, 2.45) is 0 Å². The summed E-state index contributed by atoms with van der Waals surface area (Å²) in [5.74, 6) is 0.194. The van der Waals surface area contributed by atoms with Gasteiger partial charge < -0.3 is 10.0 Å². The molecule has 108 valence electrons. The first-order chi connectivity index (χ1) is 9.04. The normalized spacial score (nSPS) is 11.0. The highest BCUT2D eigenvalue weighted by molar-refractivity contribution is 9.11. The molecule has 1 aromatic heterocycles. The summed E-state index contributed by atoms with van der Waals surface area (Å²) < 4.78 is 1.14. The fourth-order valence-electron chi connectivity index (χ4n) is 1.96. The molecule has 0 saturated carbocycles. The first-order valence-corrected chi connectivity index (χ1v) is 8.30. The minimum atomic E-state index is 0.139. The Kier molecular flexibility index (Phi) is 7.64. The zero-order valence-electron chi connectivity index (χ0n) is 11.6. The van der Waals surface area contributed by atoms with E-state index in [2.05, 4.69) is 22.0 Å². The average molecular weight is 348 g/mol. The van der Waals surface area contributed by atoms with Crippen molar-refractivity contribution in [2.45, 2.75) is 45.6 Å². The lowest BCUT2D eigenvalue weighted by Gasteiger charge is -2.26. The summed E-state index contributed by atoms with van der Waals surface area (Å²) >= 11 is 5.17. The van der Waals surface area contributed by atoms with Crippen LogP contribution in [0.4, 0.5) is 0 Å². The van der Waals surface area contributed by atoms with Gasteiger partial charge in [0, 0.05) is 30.5 Å². The smallest absolute Gasteiger partial charge is 0.222 e. The van der Waals surface area contributed by atoms with Crippen LogP contribution in [0.2, 0.25) is 0 Å². The van der Waals surface area contributed by atoms with E-state index in [1.54, 1.807) is 11.3 Å². The summed E-state index contributed by atoms with van der Waals surface area (Å²) in [6.45, 7) is 4.83. The second kappa shape index (κ2) is 8.72. The summed E-state index contributed by atoms with van der Waals surface area (Å²) in [5, 5.41) is 8.86. The molecule has 0 saturated heterocycles. The number of rotatable bonds is 8. The Morgan fingerprint density at radius 1 is 1.42 bits per heavy atom. The SMILES string of the molecule is CC(C)N(CCCO)C(=O)CCCc1ccc(Br)s1. The van der Waals surface area contributed by atoms with Crippen LogP contribution in [0.15, 0.2) is 15.9 Å². The second-order valence-electron chi connectivity index (χ2n) is 4.82. The van der Waals surface area contributed by atoms with Gasteiger partial charge in [0.05, 0.1) is 3.79 Å². The molecule has 3 nitrogen and oxygen atoms in total. The first-order valence-electron chi connectivity index (χ1n) is 6.69. The van der Waals surface area contributed by atoms with Gasteiger partial charge in [0.15, 0.2) is 0 Å². The summed E-state index contributed by atoms with van der Waals surface area (Å²) in [4.78, 5) is 15.3. The quantitative estimate of drug-likeness (QED) is 0.782. The van der Waals surface area contributed by atoms with Crippen molar-refractivity contribution in [3.05, 3.63) is 20.8 Å². The first kappa shape index (κ1) is 16.7. The van der Waals surface area contributed by atoms with Gasteiger partial charge in [-0.3, -0.25) is 4.79 Å². The molecule has 0 radical (unpaired) electrons. The molecule has 1 heterocycles. The van der Waals surface area contributed by atoms with Crippen molar-refractivity contribution >= 4 is 33.2 Å². The Morgan fingerprint density at radius 2 is 2.16 bits per heavy atom. The van der Waals surface area contributed by atoms with E-state index < -0.39 is 0 Å². The molecule has 19 heavy (non-hydrogen) atoms. The number of aliphatic hydroxyl groups excluding tert-OH is 1. The Labute approximate surface area is 127 Å². The predicted octanol–water partition coefficient (Wildman–Crippen LogP) is 3.45. The predicted molar refractivity (Wildman–Crippen MR) is 83.5 cm³/mol. The van der Waals surface area contributed by atoms with Crippen LogP contribution in [-0.2, 0) is 11.2 Å². The molecule has 0 spiro atoms. The van der Waals surface area contributed by atoms with Crippen LogP contribution in [0, 0.1) is 0 Å². The van der Waals surface area contributed by atoms with Gasteiger partial charge >= 0.3 is 0 Å². The Balaban J connectivity index is 2.35. The number of thiophene rings is 1. The van der Waals surface area contributed by atoms with Crippen LogP contribution >= 0.6 is 27.3 Å². The standard InChI is InChI=1S/C14H22BrNO2S/c1-11(2)16(9-4-10-17)14(18)6-3-5-12-7-8-13(15)19-12/h7-8,11,17H,3-6,9-10H2,1-2H3. The van der Waals surface area contributed by atoms with E-state index >= 15 is 0 Å². The monoisotopic (exact) mass is 347 g/mol. The lowest BCUT2D eigenvalue weighted by atomic mass is 10.1. The van der Waals surface area contributed by atoms with Crippen molar-refractivity contribution in [3.8, 4) is 0 Å². The molecule has 1 N–H and O–H groups in total. The largest absolute Gasteiger partial charge is 0.396 e. The van der Waals surface area contributed by atoms with Gasteiger partial charge in [0.2, 0.25) is 5.91 Å². The van der Waals surface area contributed by atoms with Crippen molar-refractivity contribution in [1.82, 2.24) is 4.90 Å². The third kappa shape index (κ3) is 6.06. The van der Waals surface area contributed by atoms with E-state index in [9.17, 15) is 4.79 Å². The fraction of sp³-hybridized carbons (Fsp3) is 0.643. The lowest BCUT2D eigenvalue weighted by molar-refractivity contribution is -0.133. The van der Waals surface area contributed by atoms with E-state index in [-0.39, 0.29) is 18.6 Å². The number of amides is 1. The maximum absolute atomic E-state index is 12.1. The topological polar surface area (TPSA) is 40.5 Å². The zero-order chi connectivity index (χ0) is 14.3. The van der Waals surface area contributed by atoms with Crippen LogP contribution in [0.25, 0.3) is 0 Å². The Hall–Kier alpha value is -0.390. The molecule has 0 aliphatic heterocycles. The van der Waals surface area contributed by atoms with Crippen LogP contribution in [0.1, 0.15) is 38.0 Å². The van der Waals surface area contributed by atoms with Crippen molar-refractivity contribution in [3.63, 3.8) is 0 Å². The van der Waals surface area contributed by atoms with Crippen molar-refractivity contribution in [1.29, 1.82) is 0 Å². The average Bonchev–Trinajstić information content (AvgIpc) is 2.75. The molecular formula is C14H22BrNO2S. The third-order valence-corrected chi connectivity index (χ3v) is 4.63. The molecule has 0 aromatic carbocycles. The van der Waals surface area contributed by atoms with E-state index in [1.165, 1.54) is 4.88 Å². The maximum Gasteiger partial charge on any atom is 0.222 e. The molecular weight excluding hydrogens is 326 g/mol. The van der Waals surface area contributed by atoms with Gasteiger partial charge in [0.25, 0.3) is 0 Å². The summed E-state index contributed by atoms with van der Waals surface area (Å²) in [6.07, 6.45) is 3.07. The van der Waals surface area contributed by atoms with Crippen LogP contribution in [0.3, 0.4) is 0 Å². The summed E-state index contributed by atoms with van der Waals surface area (Å²) in [6, 6.07) is 4.35. The molecule has 0 atom stereocenters. The van der Waals surface area contributed by atoms with Crippen molar-refractivity contribution in [2.75, 3.05) is 13.2 Å². The number of carbonyl (C=O) groups excluding carboxylic acids is 1. The number of carbonyl (C=O) groups is 1. The number of aryl methyl sites for hydroxylation is 1. The molecule has 5 heteroatoms. The Bertz CT molecular complexity index is 393. The second-order valence-corrected chi connectivity index (χ2v) is 7.36. The zero-order valence-corrected chi connectivity index (χ0v) is 14.0. The van der Waals surface area contributed by atoms with Gasteiger partial charge in [-0.05, 0) is 61.2 Å². The number of halogens is 1. The van der Waals surface area contributed by atoms with Gasteiger partial charge in [0.1, 0.15) is 0 Å². The number of hydrogen-bond donors (Lipinski definition) is 1. The van der Waals surface area contributed by atoms with Gasteiger partial charge in [-0.15, -0.1) is 11.3 Å². The minimum absolute atomic E-state index is 0.139. The third-order valence-electron chi connectivity index (χ3n) is 2.94. The van der Waals surface area contributed by atoms with Gasteiger partial charge in [-0.1, -0.05) is 0 Å². The highest BCUT2D eigenvalue weighted by Crippen LogP contribution is 2.23. The van der Waals surface area contributed by atoms with E-state index in [4.69, 9.17) is 5.11 Å². The van der Waals surface area contributed by atoms with Crippen LogP contribution < -0.4 is 0 Å². The molecule has 1 amide bonds.